The fraction of sp³-hybridized carbons (Fsp3) is 0.308. The van der Waals surface area contributed by atoms with Crippen LogP contribution < -0.4 is 4.74 Å². The predicted octanol–water partition coefficient (Wildman–Crippen LogP) is 6.56. The highest BCUT2D eigenvalue weighted by atomic mass is 32.2. The normalized spacial score (nSPS) is 20.5. The average molecular weight is 400 g/mol. The highest BCUT2D eigenvalue weighted by molar-refractivity contribution is 7.99. The fourth-order valence-corrected chi connectivity index (χ4v) is 6.08. The van der Waals surface area contributed by atoms with Crippen LogP contribution in [0, 0.1) is 0 Å². The van der Waals surface area contributed by atoms with E-state index < -0.39 is 0 Å². The van der Waals surface area contributed by atoms with Crippen LogP contribution in [0.5, 0.6) is 11.5 Å². The van der Waals surface area contributed by atoms with Gasteiger partial charge in [0.1, 0.15) is 11.5 Å². The average Bonchev–Trinajstić information content (AvgIpc) is 3.31. The maximum atomic E-state index is 6.36. The molecule has 0 aromatic heterocycles. The molecule has 1 fully saturated rings. The highest BCUT2D eigenvalue weighted by Gasteiger charge is 2.27. The molecular weight excluding hydrogens is 374 g/mol. The van der Waals surface area contributed by atoms with Crippen LogP contribution in [0.3, 0.4) is 0 Å². The van der Waals surface area contributed by atoms with Gasteiger partial charge in [0, 0.05) is 11.6 Å². The van der Waals surface area contributed by atoms with Crippen molar-refractivity contribution >= 4 is 11.8 Å². The van der Waals surface area contributed by atoms with E-state index in [4.69, 9.17) is 4.74 Å². The van der Waals surface area contributed by atoms with Crippen LogP contribution >= 0.6 is 11.8 Å². The van der Waals surface area contributed by atoms with Crippen LogP contribution in [0.15, 0.2) is 70.5 Å². The van der Waals surface area contributed by atoms with Crippen molar-refractivity contribution in [1.82, 2.24) is 4.90 Å². The molecule has 3 aromatic rings. The Morgan fingerprint density at radius 3 is 2.66 bits per heavy atom. The maximum absolute atomic E-state index is 6.36. The quantitative estimate of drug-likeness (QED) is 0.378. The molecule has 3 heteroatoms. The topological polar surface area (TPSA) is 12.5 Å². The minimum absolute atomic E-state index is 0.747. The van der Waals surface area contributed by atoms with Crippen LogP contribution in [-0.2, 0) is 12.8 Å². The summed E-state index contributed by atoms with van der Waals surface area (Å²) in [5.74, 6) is 1.96. The lowest BCUT2D eigenvalue weighted by molar-refractivity contribution is 0.222. The smallest absolute Gasteiger partial charge is 0.149 e. The molecule has 1 atom stereocenters. The first-order valence-corrected chi connectivity index (χ1v) is 11.6. The lowest BCUT2D eigenvalue weighted by Crippen LogP contribution is -2.37. The van der Waals surface area contributed by atoms with Crippen molar-refractivity contribution in [3.63, 3.8) is 0 Å². The Morgan fingerprint density at radius 1 is 0.862 bits per heavy atom. The summed E-state index contributed by atoms with van der Waals surface area (Å²) in [5, 5.41) is 0. The Bertz CT molecular complexity index is 1070. The van der Waals surface area contributed by atoms with Crippen molar-refractivity contribution in [3.05, 3.63) is 71.8 Å². The van der Waals surface area contributed by atoms with Gasteiger partial charge in [-0.3, -0.25) is 0 Å². The number of para-hydroxylation sites is 2. The van der Waals surface area contributed by atoms with Crippen LogP contribution in [0.2, 0.25) is 0 Å². The van der Waals surface area contributed by atoms with Gasteiger partial charge in [-0.15, -0.1) is 0 Å². The molecule has 0 saturated carbocycles. The number of rotatable bonds is 2. The van der Waals surface area contributed by atoms with Crippen LogP contribution in [-0.4, -0.2) is 24.0 Å². The lowest BCUT2D eigenvalue weighted by atomic mass is 9.85. The molecule has 1 aliphatic carbocycles. The Hall–Kier alpha value is -2.23. The van der Waals surface area contributed by atoms with Crippen LogP contribution in [0.4, 0.5) is 0 Å². The molecule has 2 nitrogen and oxygen atoms in total. The summed E-state index contributed by atoms with van der Waals surface area (Å²) in [7, 11) is 0. The van der Waals surface area contributed by atoms with Gasteiger partial charge in [-0.1, -0.05) is 54.2 Å². The summed E-state index contributed by atoms with van der Waals surface area (Å²) < 4.78 is 6.36. The number of hydrogen-bond acceptors (Lipinski definition) is 3. The molecule has 0 radical (unpaired) electrons. The molecule has 6 rings (SSSR count). The van der Waals surface area contributed by atoms with Gasteiger partial charge in [0.2, 0.25) is 0 Å². The summed E-state index contributed by atoms with van der Waals surface area (Å²) >= 11 is 1.80. The van der Waals surface area contributed by atoms with Gasteiger partial charge in [-0.05, 0) is 80.1 Å². The first kappa shape index (κ1) is 17.6. The third kappa shape index (κ3) is 3.17. The first-order valence-electron chi connectivity index (χ1n) is 10.8. The SMILES string of the molecule is c1ccc2c(c1)Oc1c(cccc1-c1ccc3c(c1)CCC(N1CCCC1)C3)S2. The van der Waals surface area contributed by atoms with Gasteiger partial charge < -0.3 is 9.64 Å². The number of hydrogen-bond donors (Lipinski definition) is 0. The molecule has 2 aliphatic heterocycles. The fourth-order valence-electron chi connectivity index (χ4n) is 5.10. The second kappa shape index (κ2) is 7.23. The largest absolute Gasteiger partial charge is 0.454 e. The second-order valence-corrected chi connectivity index (χ2v) is 9.49. The molecule has 3 aromatic carbocycles. The van der Waals surface area contributed by atoms with E-state index in [9.17, 15) is 0 Å². The van der Waals surface area contributed by atoms with Crippen LogP contribution in [0.1, 0.15) is 30.4 Å². The van der Waals surface area contributed by atoms with Crippen molar-refractivity contribution in [3.8, 4) is 22.6 Å². The summed E-state index contributed by atoms with van der Waals surface area (Å²) in [6, 6.07) is 22.7. The number of nitrogens with zero attached hydrogens (tertiary/aromatic N) is 1. The molecule has 146 valence electrons. The third-order valence-electron chi connectivity index (χ3n) is 6.64. The van der Waals surface area contributed by atoms with E-state index in [1.54, 1.807) is 17.3 Å². The van der Waals surface area contributed by atoms with E-state index >= 15 is 0 Å². The third-order valence-corrected chi connectivity index (χ3v) is 7.74. The molecule has 1 unspecified atom stereocenters. The summed E-state index contributed by atoms with van der Waals surface area (Å²) in [6.07, 6.45) is 6.45. The van der Waals surface area contributed by atoms with E-state index in [2.05, 4.69) is 59.5 Å². The monoisotopic (exact) mass is 399 g/mol. The Balaban J connectivity index is 1.32. The van der Waals surface area contributed by atoms with Gasteiger partial charge in [-0.25, -0.2) is 0 Å². The zero-order chi connectivity index (χ0) is 19.2. The summed E-state index contributed by atoms with van der Waals surface area (Å²) in [5.41, 5.74) is 5.55. The van der Waals surface area contributed by atoms with Crippen molar-refractivity contribution in [2.45, 2.75) is 47.9 Å². The molecule has 2 heterocycles. The standard InChI is InChI=1S/C26H25NOS/c1-2-8-24-23(7-1)28-26-22(6-5-9-25(26)29-24)20-11-10-19-17-21(13-12-18(19)16-20)27-14-3-4-15-27/h1-2,5-11,16,21H,3-4,12-15,17H2. The molecule has 1 saturated heterocycles. The number of aryl methyl sites for hydroxylation is 1. The van der Waals surface area contributed by atoms with E-state index in [-0.39, 0.29) is 0 Å². The van der Waals surface area contributed by atoms with Gasteiger partial charge in [0.05, 0.1) is 9.79 Å². The van der Waals surface area contributed by atoms with E-state index in [0.29, 0.717) is 0 Å². The Labute approximate surface area is 176 Å². The summed E-state index contributed by atoms with van der Waals surface area (Å²) in [6.45, 7) is 2.59. The van der Waals surface area contributed by atoms with Crippen molar-refractivity contribution < 1.29 is 4.74 Å². The highest BCUT2D eigenvalue weighted by Crippen LogP contribution is 2.50. The molecular formula is C26H25NOS. The first-order chi connectivity index (χ1) is 14.3. The number of ether oxygens (including phenoxy) is 1. The van der Waals surface area contributed by atoms with Gasteiger partial charge in [0.15, 0.2) is 0 Å². The van der Waals surface area contributed by atoms with E-state index in [1.807, 2.05) is 6.07 Å². The predicted molar refractivity (Wildman–Crippen MR) is 119 cm³/mol. The summed E-state index contributed by atoms with van der Waals surface area (Å²) in [4.78, 5) is 5.11. The second-order valence-electron chi connectivity index (χ2n) is 8.41. The molecule has 3 aliphatic rings. The molecule has 0 amide bonds. The number of fused-ring (bicyclic) bond motifs is 3. The molecule has 29 heavy (non-hydrogen) atoms. The van der Waals surface area contributed by atoms with Gasteiger partial charge in [0.25, 0.3) is 0 Å². The Kier molecular flexibility index (Phi) is 4.39. The van der Waals surface area contributed by atoms with Gasteiger partial charge >= 0.3 is 0 Å². The lowest BCUT2D eigenvalue weighted by Gasteiger charge is -2.32. The van der Waals surface area contributed by atoms with Crippen molar-refractivity contribution in [2.75, 3.05) is 13.1 Å². The van der Waals surface area contributed by atoms with E-state index in [1.165, 1.54) is 71.7 Å². The zero-order valence-corrected chi connectivity index (χ0v) is 17.4. The minimum atomic E-state index is 0.747. The van der Waals surface area contributed by atoms with Crippen LogP contribution in [0.25, 0.3) is 11.1 Å². The Morgan fingerprint density at radius 2 is 1.72 bits per heavy atom. The number of likely N-dealkylation sites (tertiary alicyclic amines) is 1. The zero-order valence-electron chi connectivity index (χ0n) is 16.6. The number of benzene rings is 3. The molecule has 0 bridgehead atoms. The maximum Gasteiger partial charge on any atom is 0.149 e. The van der Waals surface area contributed by atoms with E-state index in [0.717, 1.165) is 17.5 Å². The molecule has 0 spiro atoms. The molecule has 0 N–H and O–H groups in total. The van der Waals surface area contributed by atoms with Crippen molar-refractivity contribution in [1.29, 1.82) is 0 Å². The van der Waals surface area contributed by atoms with Crippen molar-refractivity contribution in [2.24, 2.45) is 0 Å². The minimum Gasteiger partial charge on any atom is -0.454 e. The van der Waals surface area contributed by atoms with Gasteiger partial charge in [-0.2, -0.15) is 0 Å².